The number of hydrogen-bond donors (Lipinski definition) is 2. The van der Waals surface area contributed by atoms with Crippen LogP contribution in [-0.4, -0.2) is 63.1 Å². The highest BCUT2D eigenvalue weighted by atomic mass is 32.1. The van der Waals surface area contributed by atoms with Crippen molar-refractivity contribution >= 4 is 28.2 Å². The van der Waals surface area contributed by atoms with Gasteiger partial charge >= 0.3 is 0 Å². The quantitative estimate of drug-likeness (QED) is 0.457. The lowest BCUT2D eigenvalue weighted by Gasteiger charge is -2.37. The largest absolute Gasteiger partial charge is 0.360 e. The number of anilines is 1. The number of aryl methyl sites for hydroxylation is 1. The molecule has 0 radical (unpaired) electrons. The molecule has 0 spiro atoms. The molecule has 1 aromatic carbocycles. The molecule has 1 aromatic heterocycles. The van der Waals surface area contributed by atoms with Gasteiger partial charge in [0.15, 0.2) is 5.96 Å². The van der Waals surface area contributed by atoms with Gasteiger partial charge in [-0.15, -0.1) is 11.3 Å². The van der Waals surface area contributed by atoms with Gasteiger partial charge in [0.05, 0.1) is 5.00 Å². The van der Waals surface area contributed by atoms with Gasteiger partial charge in [-0.05, 0) is 42.1 Å². The summed E-state index contributed by atoms with van der Waals surface area (Å²) < 4.78 is 13.6. The molecule has 2 N–H and O–H groups in total. The van der Waals surface area contributed by atoms with E-state index < -0.39 is 0 Å². The van der Waals surface area contributed by atoms with Crippen molar-refractivity contribution in [1.29, 1.82) is 0 Å². The summed E-state index contributed by atoms with van der Waals surface area (Å²) >= 11 is 1.76. The van der Waals surface area contributed by atoms with E-state index in [4.69, 9.17) is 0 Å². The van der Waals surface area contributed by atoms with Crippen LogP contribution in [0.4, 0.5) is 9.39 Å². The van der Waals surface area contributed by atoms with Crippen LogP contribution >= 0.6 is 11.3 Å². The monoisotopic (exact) mass is 403 g/mol. The van der Waals surface area contributed by atoms with Gasteiger partial charge in [0.1, 0.15) is 5.82 Å². The molecule has 28 heavy (non-hydrogen) atoms. The van der Waals surface area contributed by atoms with Crippen LogP contribution in [0.1, 0.15) is 15.9 Å². The number of guanidine groups is 1. The third-order valence-corrected chi connectivity index (χ3v) is 5.67. The van der Waals surface area contributed by atoms with E-state index in [9.17, 15) is 9.18 Å². The Kier molecular flexibility index (Phi) is 6.86. The molecule has 0 unspecified atom stereocenters. The molecule has 8 heteroatoms. The Balaban J connectivity index is 1.41. The maximum atomic E-state index is 13.6. The molecule has 1 aliphatic heterocycles. The topological polar surface area (TPSA) is 60.0 Å². The number of piperazine rings is 1. The van der Waals surface area contributed by atoms with Crippen LogP contribution in [0, 0.1) is 12.7 Å². The molecule has 0 saturated carbocycles. The Morgan fingerprint density at radius 1 is 1.18 bits per heavy atom. The van der Waals surface area contributed by atoms with Gasteiger partial charge in [-0.1, -0.05) is 6.07 Å². The molecule has 0 atom stereocenters. The molecule has 2 aromatic rings. The number of halogens is 1. The zero-order chi connectivity index (χ0) is 19.9. The van der Waals surface area contributed by atoms with Crippen molar-refractivity contribution in [3.8, 4) is 0 Å². The lowest BCUT2D eigenvalue weighted by Crippen LogP contribution is -2.53. The lowest BCUT2D eigenvalue weighted by atomic mass is 10.1. The summed E-state index contributed by atoms with van der Waals surface area (Å²) in [6, 6.07) is 8.74. The van der Waals surface area contributed by atoms with Crippen LogP contribution in [0.3, 0.4) is 0 Å². The maximum Gasteiger partial charge on any atom is 0.251 e. The highest BCUT2D eigenvalue weighted by molar-refractivity contribution is 7.14. The zero-order valence-corrected chi connectivity index (χ0v) is 17.1. The van der Waals surface area contributed by atoms with Crippen molar-refractivity contribution in [2.45, 2.75) is 6.92 Å². The van der Waals surface area contributed by atoms with Crippen LogP contribution in [-0.2, 0) is 0 Å². The number of rotatable bonds is 5. The highest BCUT2D eigenvalue weighted by Gasteiger charge is 2.20. The number of amides is 1. The van der Waals surface area contributed by atoms with Crippen molar-refractivity contribution in [2.24, 2.45) is 4.99 Å². The lowest BCUT2D eigenvalue weighted by molar-refractivity contribution is 0.0954. The van der Waals surface area contributed by atoms with Gasteiger partial charge in [0.2, 0.25) is 0 Å². The number of benzene rings is 1. The number of thiophene rings is 1. The summed E-state index contributed by atoms with van der Waals surface area (Å²) in [5.41, 5.74) is 0.860. The minimum absolute atomic E-state index is 0.278. The maximum absolute atomic E-state index is 13.6. The van der Waals surface area contributed by atoms with Gasteiger partial charge in [-0.25, -0.2) is 4.39 Å². The molecule has 2 heterocycles. The minimum atomic E-state index is -0.368. The van der Waals surface area contributed by atoms with E-state index in [0.717, 1.165) is 32.1 Å². The van der Waals surface area contributed by atoms with Crippen molar-refractivity contribution in [2.75, 3.05) is 51.2 Å². The number of carbonyl (C=O) groups excluding carboxylic acids is 1. The van der Waals surface area contributed by atoms with Crippen LogP contribution in [0.2, 0.25) is 0 Å². The molecule has 3 rings (SSSR count). The first kappa shape index (κ1) is 20.1. The van der Waals surface area contributed by atoms with E-state index in [2.05, 4.69) is 42.9 Å². The molecular weight excluding hydrogens is 377 g/mol. The van der Waals surface area contributed by atoms with Crippen molar-refractivity contribution in [1.82, 2.24) is 15.5 Å². The predicted octanol–water partition coefficient (Wildman–Crippen LogP) is 2.32. The molecular formula is C20H26FN5OS. The SMILES string of the molecule is CN=C(NCCNC(=O)c1ccc(C)c(F)c1)N1CCN(c2cccs2)CC1. The number of aliphatic imine (C=N–C) groups is 1. The average molecular weight is 404 g/mol. The van der Waals surface area contributed by atoms with E-state index in [0.29, 0.717) is 24.2 Å². The second-order valence-corrected chi connectivity index (χ2v) is 7.55. The highest BCUT2D eigenvalue weighted by Crippen LogP contribution is 2.22. The summed E-state index contributed by atoms with van der Waals surface area (Å²) in [6.45, 7) is 6.36. The third kappa shape index (κ3) is 5.01. The summed E-state index contributed by atoms with van der Waals surface area (Å²) in [5.74, 6) is 0.189. The van der Waals surface area contributed by atoms with Crippen LogP contribution < -0.4 is 15.5 Å². The van der Waals surface area contributed by atoms with E-state index in [1.165, 1.54) is 11.1 Å². The summed E-state index contributed by atoms with van der Waals surface area (Å²) in [6.07, 6.45) is 0. The fraction of sp³-hybridized carbons (Fsp3) is 0.400. The second kappa shape index (κ2) is 9.54. The molecule has 1 saturated heterocycles. The predicted molar refractivity (Wildman–Crippen MR) is 113 cm³/mol. The van der Waals surface area contributed by atoms with E-state index >= 15 is 0 Å². The first-order chi connectivity index (χ1) is 13.6. The Morgan fingerprint density at radius 3 is 2.57 bits per heavy atom. The third-order valence-electron chi connectivity index (χ3n) is 4.74. The van der Waals surface area contributed by atoms with Gasteiger partial charge in [-0.2, -0.15) is 0 Å². The molecule has 0 bridgehead atoms. The number of nitrogens with one attached hydrogen (secondary N) is 2. The van der Waals surface area contributed by atoms with Crippen molar-refractivity contribution < 1.29 is 9.18 Å². The Labute approximate surface area is 169 Å². The minimum Gasteiger partial charge on any atom is -0.360 e. The fourth-order valence-corrected chi connectivity index (χ4v) is 3.89. The molecule has 1 aliphatic rings. The smallest absolute Gasteiger partial charge is 0.251 e. The molecule has 150 valence electrons. The normalized spacial score (nSPS) is 14.9. The molecule has 0 aliphatic carbocycles. The van der Waals surface area contributed by atoms with Gasteiger partial charge < -0.3 is 20.4 Å². The summed E-state index contributed by atoms with van der Waals surface area (Å²) in [4.78, 5) is 21.1. The summed E-state index contributed by atoms with van der Waals surface area (Å²) in [5, 5.41) is 9.49. The first-order valence-corrected chi connectivity index (χ1v) is 10.2. The van der Waals surface area contributed by atoms with E-state index in [1.807, 2.05) is 0 Å². The van der Waals surface area contributed by atoms with Crippen molar-refractivity contribution in [3.05, 3.63) is 52.7 Å². The van der Waals surface area contributed by atoms with Gasteiger partial charge in [0.25, 0.3) is 5.91 Å². The van der Waals surface area contributed by atoms with Crippen molar-refractivity contribution in [3.63, 3.8) is 0 Å². The van der Waals surface area contributed by atoms with Crippen LogP contribution in [0.25, 0.3) is 0 Å². The fourth-order valence-electron chi connectivity index (χ4n) is 3.11. The average Bonchev–Trinajstić information content (AvgIpc) is 3.25. The number of carbonyl (C=O) groups is 1. The first-order valence-electron chi connectivity index (χ1n) is 9.37. The number of nitrogens with zero attached hydrogens (tertiary/aromatic N) is 3. The zero-order valence-electron chi connectivity index (χ0n) is 16.2. The van der Waals surface area contributed by atoms with Gasteiger partial charge in [0, 0.05) is 51.9 Å². The van der Waals surface area contributed by atoms with Crippen LogP contribution in [0.5, 0.6) is 0 Å². The Hall–Kier alpha value is -2.61. The van der Waals surface area contributed by atoms with E-state index in [1.54, 1.807) is 37.4 Å². The standard InChI is InChI=1S/C20H26FN5OS/c1-15-5-6-16(14-17(15)21)19(27)23-7-8-24-20(22-2)26-11-9-25(10-12-26)18-4-3-13-28-18/h3-6,13-14H,7-12H2,1-2H3,(H,22,24)(H,23,27). The summed E-state index contributed by atoms with van der Waals surface area (Å²) in [7, 11) is 1.77. The van der Waals surface area contributed by atoms with Gasteiger partial charge in [-0.3, -0.25) is 9.79 Å². The molecule has 1 fully saturated rings. The van der Waals surface area contributed by atoms with E-state index in [-0.39, 0.29) is 11.7 Å². The Morgan fingerprint density at radius 2 is 1.93 bits per heavy atom. The number of hydrogen-bond acceptors (Lipinski definition) is 4. The molecule has 6 nitrogen and oxygen atoms in total. The van der Waals surface area contributed by atoms with Crippen LogP contribution in [0.15, 0.2) is 40.7 Å². The Bertz CT molecular complexity index is 816. The second-order valence-electron chi connectivity index (χ2n) is 6.62. The molecule has 1 amide bonds.